The molecule has 0 aliphatic carbocycles. The van der Waals surface area contributed by atoms with Gasteiger partial charge in [-0.15, -0.1) is 0 Å². The molecular formula is C21H26O6. The summed E-state index contributed by atoms with van der Waals surface area (Å²) in [4.78, 5) is 0. The smallest absolute Gasteiger partial charge is 0.203 e. The van der Waals surface area contributed by atoms with Crippen LogP contribution in [0.15, 0.2) is 36.4 Å². The molecule has 2 aromatic carbocycles. The molecule has 0 N–H and O–H groups in total. The molecule has 1 heterocycles. The third kappa shape index (κ3) is 3.82. The first-order valence-corrected chi connectivity index (χ1v) is 8.72. The molecule has 0 radical (unpaired) electrons. The van der Waals surface area contributed by atoms with Crippen molar-refractivity contribution in [2.24, 2.45) is 0 Å². The van der Waals surface area contributed by atoms with E-state index in [0.29, 0.717) is 17.2 Å². The summed E-state index contributed by atoms with van der Waals surface area (Å²) in [5.74, 6) is 1.77. The third-order valence-electron chi connectivity index (χ3n) is 4.56. The van der Waals surface area contributed by atoms with Crippen LogP contribution in [0.4, 0.5) is 0 Å². The van der Waals surface area contributed by atoms with Crippen LogP contribution in [0, 0.1) is 0 Å². The van der Waals surface area contributed by atoms with Crippen LogP contribution in [0.25, 0.3) is 0 Å². The fourth-order valence-electron chi connectivity index (χ4n) is 3.31. The molecule has 0 amide bonds. The minimum atomic E-state index is -0.727. The molecule has 1 fully saturated rings. The average molecular weight is 374 g/mol. The van der Waals surface area contributed by atoms with Gasteiger partial charge in [0.25, 0.3) is 0 Å². The molecule has 0 spiro atoms. The fourth-order valence-corrected chi connectivity index (χ4v) is 3.31. The van der Waals surface area contributed by atoms with Gasteiger partial charge in [0.15, 0.2) is 17.3 Å². The van der Waals surface area contributed by atoms with Gasteiger partial charge in [0.2, 0.25) is 5.75 Å². The van der Waals surface area contributed by atoms with Gasteiger partial charge in [0.1, 0.15) is 18.0 Å². The predicted octanol–water partition coefficient (Wildman–Crippen LogP) is 4.29. The SMILES string of the molecule is COc1ccc([C@@H]2OC(C)(C)O[C@H]2c2cc(OC)c(OC)c(OC)c2)cc1. The van der Waals surface area contributed by atoms with Crippen LogP contribution in [0.2, 0.25) is 0 Å². The van der Waals surface area contributed by atoms with Crippen LogP contribution in [-0.4, -0.2) is 34.2 Å². The van der Waals surface area contributed by atoms with E-state index in [-0.39, 0.29) is 12.2 Å². The topological polar surface area (TPSA) is 55.4 Å². The molecule has 6 heteroatoms. The molecule has 2 atom stereocenters. The number of hydrogen-bond donors (Lipinski definition) is 0. The van der Waals surface area contributed by atoms with E-state index in [0.717, 1.165) is 16.9 Å². The highest BCUT2D eigenvalue weighted by atomic mass is 16.8. The average Bonchev–Trinajstić information content (AvgIpc) is 3.02. The highest BCUT2D eigenvalue weighted by molar-refractivity contribution is 5.54. The Hall–Kier alpha value is -2.44. The summed E-state index contributed by atoms with van der Waals surface area (Å²) in [7, 11) is 6.42. The van der Waals surface area contributed by atoms with E-state index in [4.69, 9.17) is 28.4 Å². The van der Waals surface area contributed by atoms with Crippen LogP contribution >= 0.6 is 0 Å². The van der Waals surface area contributed by atoms with Gasteiger partial charge in [-0.05, 0) is 49.2 Å². The van der Waals surface area contributed by atoms with E-state index in [2.05, 4.69) is 0 Å². The number of methoxy groups -OCH3 is 4. The van der Waals surface area contributed by atoms with E-state index in [9.17, 15) is 0 Å². The minimum absolute atomic E-state index is 0.284. The molecule has 146 valence electrons. The summed E-state index contributed by atoms with van der Waals surface area (Å²) in [5.41, 5.74) is 1.89. The lowest BCUT2D eigenvalue weighted by molar-refractivity contribution is -0.147. The Morgan fingerprint density at radius 3 is 1.67 bits per heavy atom. The first-order chi connectivity index (χ1) is 12.9. The zero-order chi connectivity index (χ0) is 19.6. The molecular weight excluding hydrogens is 348 g/mol. The standard InChI is InChI=1S/C21H26O6/c1-21(2)26-18(13-7-9-15(22-3)10-8-13)19(27-21)14-11-16(23-4)20(25-6)17(12-14)24-5/h7-12,18-19H,1-6H3/t18-,19-/m0/s1. The molecule has 0 saturated carbocycles. The van der Waals surface area contributed by atoms with Crippen LogP contribution in [0.1, 0.15) is 37.2 Å². The predicted molar refractivity (Wildman–Crippen MR) is 101 cm³/mol. The van der Waals surface area contributed by atoms with Gasteiger partial charge in [0.05, 0.1) is 28.4 Å². The van der Waals surface area contributed by atoms with Crippen molar-refractivity contribution in [3.8, 4) is 23.0 Å². The lowest BCUT2D eigenvalue weighted by Gasteiger charge is -2.20. The molecule has 0 unspecified atom stereocenters. The lowest BCUT2D eigenvalue weighted by Crippen LogP contribution is -2.20. The van der Waals surface area contributed by atoms with E-state index < -0.39 is 5.79 Å². The van der Waals surface area contributed by atoms with Gasteiger partial charge < -0.3 is 28.4 Å². The van der Waals surface area contributed by atoms with E-state index in [1.807, 2.05) is 50.2 Å². The Labute approximate surface area is 159 Å². The van der Waals surface area contributed by atoms with Gasteiger partial charge >= 0.3 is 0 Å². The van der Waals surface area contributed by atoms with Crippen LogP contribution < -0.4 is 18.9 Å². The number of benzene rings is 2. The molecule has 2 aromatic rings. The van der Waals surface area contributed by atoms with Crippen molar-refractivity contribution in [3.05, 3.63) is 47.5 Å². The fraction of sp³-hybridized carbons (Fsp3) is 0.429. The van der Waals surface area contributed by atoms with Crippen LogP contribution in [-0.2, 0) is 9.47 Å². The van der Waals surface area contributed by atoms with Crippen molar-refractivity contribution >= 4 is 0 Å². The van der Waals surface area contributed by atoms with E-state index in [1.54, 1.807) is 28.4 Å². The Bertz CT molecular complexity index is 759. The Morgan fingerprint density at radius 2 is 1.22 bits per heavy atom. The van der Waals surface area contributed by atoms with Crippen molar-refractivity contribution in [1.29, 1.82) is 0 Å². The van der Waals surface area contributed by atoms with Crippen LogP contribution in [0.5, 0.6) is 23.0 Å². The lowest BCUT2D eigenvalue weighted by atomic mass is 9.97. The third-order valence-corrected chi connectivity index (χ3v) is 4.56. The summed E-state index contributed by atoms with van der Waals surface area (Å²) >= 11 is 0. The molecule has 27 heavy (non-hydrogen) atoms. The Balaban J connectivity index is 2.04. The van der Waals surface area contributed by atoms with Crippen LogP contribution in [0.3, 0.4) is 0 Å². The summed E-state index contributed by atoms with van der Waals surface area (Å²) in [6.45, 7) is 3.81. The van der Waals surface area contributed by atoms with Gasteiger partial charge in [-0.3, -0.25) is 0 Å². The monoisotopic (exact) mass is 374 g/mol. The summed E-state index contributed by atoms with van der Waals surface area (Å²) in [5, 5.41) is 0. The molecule has 1 aliphatic heterocycles. The minimum Gasteiger partial charge on any atom is -0.497 e. The maximum atomic E-state index is 6.23. The van der Waals surface area contributed by atoms with E-state index >= 15 is 0 Å². The normalized spacial score (nSPS) is 21.0. The summed E-state index contributed by atoms with van der Waals surface area (Å²) in [6.07, 6.45) is -0.615. The van der Waals surface area contributed by atoms with Gasteiger partial charge in [-0.1, -0.05) is 12.1 Å². The number of rotatable bonds is 6. The highest BCUT2D eigenvalue weighted by Crippen LogP contribution is 2.50. The first kappa shape index (κ1) is 19.3. The molecule has 1 aliphatic rings. The second kappa shape index (κ2) is 7.66. The van der Waals surface area contributed by atoms with E-state index in [1.165, 1.54) is 0 Å². The second-order valence-corrected chi connectivity index (χ2v) is 6.71. The zero-order valence-corrected chi connectivity index (χ0v) is 16.6. The number of ether oxygens (including phenoxy) is 6. The van der Waals surface area contributed by atoms with Crippen molar-refractivity contribution < 1.29 is 28.4 Å². The Morgan fingerprint density at radius 1 is 0.704 bits per heavy atom. The van der Waals surface area contributed by atoms with Gasteiger partial charge in [-0.25, -0.2) is 0 Å². The van der Waals surface area contributed by atoms with Gasteiger partial charge in [-0.2, -0.15) is 0 Å². The second-order valence-electron chi connectivity index (χ2n) is 6.71. The molecule has 3 rings (SSSR count). The molecule has 6 nitrogen and oxygen atoms in total. The highest BCUT2D eigenvalue weighted by Gasteiger charge is 2.43. The van der Waals surface area contributed by atoms with Crippen molar-refractivity contribution in [3.63, 3.8) is 0 Å². The zero-order valence-electron chi connectivity index (χ0n) is 16.6. The largest absolute Gasteiger partial charge is 0.497 e. The summed E-state index contributed by atoms with van der Waals surface area (Å²) in [6, 6.07) is 11.6. The number of hydrogen-bond acceptors (Lipinski definition) is 6. The van der Waals surface area contributed by atoms with Gasteiger partial charge in [0, 0.05) is 0 Å². The van der Waals surface area contributed by atoms with Crippen molar-refractivity contribution in [2.75, 3.05) is 28.4 Å². The molecule has 0 aromatic heterocycles. The maximum Gasteiger partial charge on any atom is 0.203 e. The quantitative estimate of drug-likeness (QED) is 0.752. The molecule has 0 bridgehead atoms. The molecule has 1 saturated heterocycles. The van der Waals surface area contributed by atoms with Crippen molar-refractivity contribution in [2.45, 2.75) is 31.8 Å². The first-order valence-electron chi connectivity index (χ1n) is 8.72. The Kier molecular flexibility index (Phi) is 5.48. The van der Waals surface area contributed by atoms with Crippen molar-refractivity contribution in [1.82, 2.24) is 0 Å². The maximum absolute atomic E-state index is 6.23. The summed E-state index contributed by atoms with van der Waals surface area (Å²) < 4.78 is 34.1.